The summed E-state index contributed by atoms with van der Waals surface area (Å²) in [7, 11) is 2.97. The number of hydroxylamine groups is 2. The molecule has 3 fully saturated rings. The smallest absolute Gasteiger partial charge is 0.337 e. The summed E-state index contributed by atoms with van der Waals surface area (Å²) in [5, 5.41) is 1.71. The molecule has 9 heteroatoms. The molecule has 182 valence electrons. The maximum atomic E-state index is 13.0. The highest BCUT2D eigenvalue weighted by Gasteiger charge is 2.58. The number of methoxy groups -OCH3 is 2. The van der Waals surface area contributed by atoms with E-state index in [-0.39, 0.29) is 6.61 Å². The molecule has 1 saturated carbocycles. The highest BCUT2D eigenvalue weighted by Crippen LogP contribution is 2.49. The summed E-state index contributed by atoms with van der Waals surface area (Å²) in [6.45, 7) is 3.20. The molecule has 1 aromatic rings. The summed E-state index contributed by atoms with van der Waals surface area (Å²) in [6, 6.07) is 6.81. The number of hydrogen-bond acceptors (Lipinski definition) is 9. The molecular weight excluding hydrogens is 430 g/mol. The molecule has 0 aromatic heterocycles. The maximum Gasteiger partial charge on any atom is 0.337 e. The van der Waals surface area contributed by atoms with Crippen molar-refractivity contribution in [3.05, 3.63) is 29.8 Å². The molecule has 0 radical (unpaired) electrons. The molecule has 2 spiro atoms. The predicted octanol–water partition coefficient (Wildman–Crippen LogP) is 2.40. The molecule has 4 rings (SSSR count). The first kappa shape index (κ1) is 23.9. The minimum Gasteiger partial charge on any atom is -0.497 e. The van der Waals surface area contributed by atoms with Crippen molar-refractivity contribution in [3.63, 3.8) is 0 Å². The van der Waals surface area contributed by atoms with E-state index in [0.717, 1.165) is 11.3 Å². The molecule has 0 bridgehead atoms. The summed E-state index contributed by atoms with van der Waals surface area (Å²) in [5.41, 5.74) is 0.405. The second-order valence-corrected chi connectivity index (χ2v) is 8.80. The van der Waals surface area contributed by atoms with Gasteiger partial charge in [-0.2, -0.15) is 5.06 Å². The third kappa shape index (κ3) is 4.87. The topological polar surface area (TPSA) is 92.8 Å². The van der Waals surface area contributed by atoms with Gasteiger partial charge >= 0.3 is 11.9 Å². The van der Waals surface area contributed by atoms with Gasteiger partial charge in [-0.1, -0.05) is 12.1 Å². The average Bonchev–Trinajstić information content (AvgIpc) is 3.45. The van der Waals surface area contributed by atoms with Gasteiger partial charge in [-0.25, -0.2) is 4.79 Å². The minimum absolute atomic E-state index is 0.267. The highest BCUT2D eigenvalue weighted by molar-refractivity contribution is 5.77. The molecule has 1 aliphatic carbocycles. The van der Waals surface area contributed by atoms with Crippen LogP contribution in [0.15, 0.2) is 24.3 Å². The van der Waals surface area contributed by atoms with E-state index in [4.69, 9.17) is 28.5 Å². The predicted molar refractivity (Wildman–Crippen MR) is 116 cm³/mol. The molecule has 2 saturated heterocycles. The van der Waals surface area contributed by atoms with Crippen molar-refractivity contribution in [1.82, 2.24) is 5.06 Å². The number of rotatable bonds is 7. The Morgan fingerprint density at radius 1 is 1.09 bits per heavy atom. The number of esters is 2. The zero-order valence-electron chi connectivity index (χ0n) is 19.5. The van der Waals surface area contributed by atoms with Crippen molar-refractivity contribution in [2.45, 2.75) is 68.9 Å². The van der Waals surface area contributed by atoms with Crippen molar-refractivity contribution < 1.29 is 38.1 Å². The first-order valence-corrected chi connectivity index (χ1v) is 11.6. The third-order valence-electron chi connectivity index (χ3n) is 6.92. The number of benzene rings is 1. The Bertz CT molecular complexity index is 825. The number of nitrogens with zero attached hydrogens (tertiary/aromatic N) is 1. The molecule has 0 N–H and O–H groups in total. The molecule has 3 aliphatic rings. The van der Waals surface area contributed by atoms with Crippen LogP contribution in [-0.2, 0) is 39.8 Å². The van der Waals surface area contributed by atoms with Crippen molar-refractivity contribution in [2.75, 3.05) is 34.0 Å². The van der Waals surface area contributed by atoms with Gasteiger partial charge in [-0.05, 0) is 37.5 Å². The number of hydrogen-bond donors (Lipinski definition) is 0. The minimum atomic E-state index is -0.771. The molecular formula is C24H33NO8. The van der Waals surface area contributed by atoms with Crippen molar-refractivity contribution >= 4 is 11.9 Å². The zero-order valence-corrected chi connectivity index (χ0v) is 19.5. The summed E-state index contributed by atoms with van der Waals surface area (Å²) in [5.74, 6) is -0.668. The van der Waals surface area contributed by atoms with Gasteiger partial charge in [0.1, 0.15) is 11.8 Å². The molecule has 1 unspecified atom stereocenters. The van der Waals surface area contributed by atoms with E-state index in [1.807, 2.05) is 24.3 Å². The van der Waals surface area contributed by atoms with Gasteiger partial charge in [0.25, 0.3) is 0 Å². The Morgan fingerprint density at radius 2 is 1.76 bits per heavy atom. The van der Waals surface area contributed by atoms with Crippen LogP contribution < -0.4 is 4.74 Å². The molecule has 9 nitrogen and oxygen atoms in total. The zero-order chi connectivity index (χ0) is 23.5. The Morgan fingerprint density at radius 3 is 2.33 bits per heavy atom. The van der Waals surface area contributed by atoms with Crippen LogP contribution in [0.4, 0.5) is 0 Å². The number of ether oxygens (including phenoxy) is 5. The first-order chi connectivity index (χ1) is 15.9. The van der Waals surface area contributed by atoms with Gasteiger partial charge in [-0.3, -0.25) is 9.63 Å². The fraction of sp³-hybridized carbons (Fsp3) is 0.667. The fourth-order valence-corrected chi connectivity index (χ4v) is 5.18. The molecule has 1 aromatic carbocycles. The van der Waals surface area contributed by atoms with Crippen LogP contribution in [0.25, 0.3) is 0 Å². The van der Waals surface area contributed by atoms with Crippen LogP contribution in [0.1, 0.15) is 44.6 Å². The lowest BCUT2D eigenvalue weighted by Gasteiger charge is -2.46. The van der Waals surface area contributed by atoms with Crippen molar-refractivity contribution in [2.24, 2.45) is 0 Å². The van der Waals surface area contributed by atoms with Gasteiger partial charge in [-0.15, -0.1) is 0 Å². The highest BCUT2D eigenvalue weighted by atomic mass is 16.7. The monoisotopic (exact) mass is 463 g/mol. The second kappa shape index (κ2) is 9.97. The molecule has 0 amide bonds. The first-order valence-electron chi connectivity index (χ1n) is 11.6. The molecule has 2 aliphatic heterocycles. The lowest BCUT2D eigenvalue weighted by atomic mass is 9.75. The van der Waals surface area contributed by atoms with Crippen LogP contribution in [-0.4, -0.2) is 74.5 Å². The third-order valence-corrected chi connectivity index (χ3v) is 6.92. The van der Waals surface area contributed by atoms with Crippen LogP contribution >= 0.6 is 0 Å². The van der Waals surface area contributed by atoms with E-state index < -0.39 is 35.4 Å². The van der Waals surface area contributed by atoms with E-state index >= 15 is 0 Å². The van der Waals surface area contributed by atoms with Gasteiger partial charge in [0, 0.05) is 25.7 Å². The summed E-state index contributed by atoms with van der Waals surface area (Å²) >= 11 is 0. The van der Waals surface area contributed by atoms with E-state index in [9.17, 15) is 9.59 Å². The number of carbonyl (C=O) groups is 2. The molecule has 2 heterocycles. The van der Waals surface area contributed by atoms with Crippen LogP contribution in [0, 0.1) is 0 Å². The lowest BCUT2D eigenvalue weighted by Crippen LogP contribution is -2.56. The van der Waals surface area contributed by atoms with Crippen LogP contribution in [0.2, 0.25) is 0 Å². The summed E-state index contributed by atoms with van der Waals surface area (Å²) < 4.78 is 27.4. The van der Waals surface area contributed by atoms with Gasteiger partial charge < -0.3 is 23.7 Å². The standard InChI is InChI=1S/C24H33NO8/c1-4-30-22(27)20-16-23(9-11-24(12-10-23)31-13-14-32-24)25(33-20)19(21(26)29-3)15-17-5-7-18(28-2)8-6-17/h5-8,19-20H,4,9-16H2,1-3H3/t19-,20?/m0/s1. The van der Waals surface area contributed by atoms with Crippen molar-refractivity contribution in [3.8, 4) is 5.75 Å². The van der Waals surface area contributed by atoms with Gasteiger partial charge in [0.2, 0.25) is 0 Å². The molecule has 33 heavy (non-hydrogen) atoms. The Balaban J connectivity index is 1.61. The fourth-order valence-electron chi connectivity index (χ4n) is 5.18. The Kier molecular flexibility index (Phi) is 7.23. The van der Waals surface area contributed by atoms with E-state index in [1.54, 1.807) is 19.1 Å². The van der Waals surface area contributed by atoms with Crippen LogP contribution in [0.5, 0.6) is 5.75 Å². The van der Waals surface area contributed by atoms with Gasteiger partial charge in [0.15, 0.2) is 11.9 Å². The molecule has 2 atom stereocenters. The van der Waals surface area contributed by atoms with E-state index in [0.29, 0.717) is 51.7 Å². The van der Waals surface area contributed by atoms with E-state index in [1.165, 1.54) is 7.11 Å². The maximum absolute atomic E-state index is 13.0. The van der Waals surface area contributed by atoms with Crippen molar-refractivity contribution in [1.29, 1.82) is 0 Å². The largest absolute Gasteiger partial charge is 0.497 e. The second-order valence-electron chi connectivity index (χ2n) is 8.80. The van der Waals surface area contributed by atoms with Crippen LogP contribution in [0.3, 0.4) is 0 Å². The Hall–Kier alpha value is -2.20. The normalized spacial score (nSPS) is 24.6. The average molecular weight is 464 g/mol. The lowest BCUT2D eigenvalue weighted by molar-refractivity contribution is -0.249. The quantitative estimate of drug-likeness (QED) is 0.565. The number of carbonyl (C=O) groups excluding carboxylic acids is 2. The summed E-state index contributed by atoms with van der Waals surface area (Å²) in [6.07, 6.45) is 2.70. The summed E-state index contributed by atoms with van der Waals surface area (Å²) in [4.78, 5) is 31.7. The van der Waals surface area contributed by atoms with E-state index in [2.05, 4.69) is 0 Å². The van der Waals surface area contributed by atoms with Gasteiger partial charge in [0.05, 0.1) is 39.6 Å². The SMILES string of the molecule is CCOC(=O)C1CC2(CCC3(CC2)OCCO3)N([C@@H](Cc2ccc(OC)cc2)C(=O)OC)O1. The Labute approximate surface area is 194 Å².